The van der Waals surface area contributed by atoms with Crippen molar-refractivity contribution in [3.63, 3.8) is 0 Å². The van der Waals surface area contributed by atoms with E-state index in [9.17, 15) is 4.39 Å². The van der Waals surface area contributed by atoms with Gasteiger partial charge in [-0.1, -0.05) is 5.21 Å². The van der Waals surface area contributed by atoms with Crippen molar-refractivity contribution in [3.8, 4) is 28.3 Å². The summed E-state index contributed by atoms with van der Waals surface area (Å²) in [5.41, 5.74) is 11.8. The molecule has 0 radical (unpaired) electrons. The van der Waals surface area contributed by atoms with Crippen LogP contribution in [-0.4, -0.2) is 29.8 Å². The van der Waals surface area contributed by atoms with Gasteiger partial charge in [0.2, 0.25) is 0 Å². The van der Waals surface area contributed by atoms with Crippen molar-refractivity contribution in [3.05, 3.63) is 59.3 Å². The minimum atomic E-state index is -0.479. The molecule has 2 bridgehead atoms. The number of aryl methyl sites for hydroxylation is 2. The fourth-order valence-corrected chi connectivity index (χ4v) is 4.10. The average molecular weight is 419 g/mol. The van der Waals surface area contributed by atoms with Gasteiger partial charge in [-0.2, -0.15) is 5.10 Å². The van der Waals surface area contributed by atoms with E-state index in [1.165, 1.54) is 12.1 Å². The molecule has 4 aromatic rings. The summed E-state index contributed by atoms with van der Waals surface area (Å²) in [6, 6.07) is 6.50. The molecular weight excluding hydrogens is 397 g/mol. The van der Waals surface area contributed by atoms with Crippen molar-refractivity contribution in [2.24, 2.45) is 7.05 Å². The van der Waals surface area contributed by atoms with Crippen LogP contribution in [0.3, 0.4) is 0 Å². The number of pyridine rings is 1. The third-order valence-electron chi connectivity index (χ3n) is 5.53. The number of benzene rings is 1. The Hall–Kier alpha value is -3.75. The number of anilines is 1. The second kappa shape index (κ2) is 7.19. The van der Waals surface area contributed by atoms with Gasteiger partial charge in [-0.05, 0) is 38.1 Å². The van der Waals surface area contributed by atoms with Gasteiger partial charge in [0.15, 0.2) is 11.6 Å². The van der Waals surface area contributed by atoms with E-state index in [1.54, 1.807) is 16.9 Å². The summed E-state index contributed by atoms with van der Waals surface area (Å²) in [6.45, 7) is 4.53. The maximum atomic E-state index is 14.2. The lowest BCUT2D eigenvalue weighted by molar-refractivity contribution is 0.227. The Bertz CT molecular complexity index is 1290. The Morgan fingerprint density at radius 1 is 1.29 bits per heavy atom. The molecule has 3 aromatic heterocycles. The number of aromatic nitrogens is 6. The van der Waals surface area contributed by atoms with Crippen molar-refractivity contribution < 1.29 is 9.13 Å². The Morgan fingerprint density at radius 3 is 2.94 bits per heavy atom. The number of nitrogen functional groups attached to an aromatic ring is 1. The largest absolute Gasteiger partial charge is 0.482 e. The van der Waals surface area contributed by atoms with Gasteiger partial charge in [0.05, 0.1) is 17.1 Å². The average Bonchev–Trinajstić information content (AvgIpc) is 3.32. The smallest absolute Gasteiger partial charge is 0.166 e. The maximum absolute atomic E-state index is 14.2. The van der Waals surface area contributed by atoms with Crippen LogP contribution in [0.2, 0.25) is 0 Å². The second-order valence-electron chi connectivity index (χ2n) is 7.65. The van der Waals surface area contributed by atoms with Crippen LogP contribution in [0, 0.1) is 5.82 Å². The van der Waals surface area contributed by atoms with Crippen molar-refractivity contribution in [2.45, 2.75) is 32.9 Å². The van der Waals surface area contributed by atoms with Crippen LogP contribution in [-0.2, 0) is 20.0 Å². The van der Waals surface area contributed by atoms with Crippen LogP contribution in [0.25, 0.3) is 22.5 Å². The van der Waals surface area contributed by atoms with E-state index in [-0.39, 0.29) is 11.6 Å². The first-order chi connectivity index (χ1) is 14.9. The van der Waals surface area contributed by atoms with E-state index in [0.29, 0.717) is 24.3 Å². The van der Waals surface area contributed by atoms with Crippen LogP contribution in [0.1, 0.15) is 36.8 Å². The summed E-state index contributed by atoms with van der Waals surface area (Å²) in [7, 11) is 1.87. The first-order valence-electron chi connectivity index (χ1n) is 10.1. The molecule has 2 N–H and O–H groups in total. The van der Waals surface area contributed by atoms with Gasteiger partial charge in [-0.25, -0.2) is 14.1 Å². The minimum absolute atomic E-state index is 0.265. The second-order valence-corrected chi connectivity index (χ2v) is 7.65. The van der Waals surface area contributed by atoms with Crippen LogP contribution in [0.4, 0.5) is 10.2 Å². The molecule has 0 saturated carbocycles. The molecule has 1 unspecified atom stereocenters. The summed E-state index contributed by atoms with van der Waals surface area (Å²) >= 11 is 0. The number of fused-ring (bicyclic) bond motifs is 7. The third kappa shape index (κ3) is 3.22. The standard InChI is InChI=1S/C22H22FN7O/c1-4-30-21-13-8-19(22(24)25-10-13)31-12(2)17-9-15(23)5-6-16(17)20-14(11-29(3)27-20)7-18(21)26-28-30/h5-6,8-12H,4,7H2,1-3H3,(H2,24,25). The fraction of sp³-hybridized carbons (Fsp3) is 0.273. The molecule has 0 fully saturated rings. The summed E-state index contributed by atoms with van der Waals surface area (Å²) in [4.78, 5) is 4.33. The predicted octanol–water partition coefficient (Wildman–Crippen LogP) is 3.53. The third-order valence-corrected chi connectivity index (χ3v) is 5.53. The molecule has 0 amide bonds. The molecule has 1 aliphatic rings. The molecule has 0 spiro atoms. The van der Waals surface area contributed by atoms with Crippen LogP contribution < -0.4 is 10.5 Å². The summed E-state index contributed by atoms with van der Waals surface area (Å²) < 4.78 is 24.0. The minimum Gasteiger partial charge on any atom is -0.482 e. The summed E-state index contributed by atoms with van der Waals surface area (Å²) in [6.07, 6.45) is 3.70. The molecule has 158 valence electrons. The summed E-state index contributed by atoms with van der Waals surface area (Å²) in [5, 5.41) is 13.4. The first-order valence-corrected chi connectivity index (χ1v) is 10.1. The Kier molecular flexibility index (Phi) is 4.46. The molecule has 0 saturated heterocycles. The van der Waals surface area contributed by atoms with Crippen molar-refractivity contribution in [1.29, 1.82) is 0 Å². The highest BCUT2D eigenvalue weighted by atomic mass is 19.1. The fourth-order valence-electron chi connectivity index (χ4n) is 4.10. The first kappa shape index (κ1) is 19.2. The molecule has 1 aromatic carbocycles. The number of rotatable bonds is 1. The van der Waals surface area contributed by atoms with E-state index in [4.69, 9.17) is 10.5 Å². The number of nitrogens with zero attached hydrogens (tertiary/aromatic N) is 6. The van der Waals surface area contributed by atoms with Gasteiger partial charge < -0.3 is 10.5 Å². The number of hydrogen-bond acceptors (Lipinski definition) is 6. The van der Waals surface area contributed by atoms with Gasteiger partial charge in [-0.3, -0.25) is 4.68 Å². The van der Waals surface area contributed by atoms with Gasteiger partial charge in [-0.15, -0.1) is 5.10 Å². The number of nitrogens with two attached hydrogens (primary N) is 1. The molecule has 4 heterocycles. The van der Waals surface area contributed by atoms with Crippen LogP contribution in [0.15, 0.2) is 36.7 Å². The zero-order valence-electron chi connectivity index (χ0n) is 17.5. The molecule has 0 aliphatic carbocycles. The molecule has 1 atom stereocenters. The maximum Gasteiger partial charge on any atom is 0.166 e. The molecule has 1 aliphatic heterocycles. The SMILES string of the molecule is CCn1nnc2c1-c1cnc(N)c(c1)OC(C)c1cc(F)ccc1-c1nn(C)cc1C2. The topological polar surface area (TPSA) is 96.7 Å². The number of hydrogen-bond donors (Lipinski definition) is 1. The molecule has 31 heavy (non-hydrogen) atoms. The lowest BCUT2D eigenvalue weighted by Gasteiger charge is -2.20. The highest BCUT2D eigenvalue weighted by Gasteiger charge is 2.24. The van der Waals surface area contributed by atoms with Crippen molar-refractivity contribution in [2.75, 3.05) is 5.73 Å². The van der Waals surface area contributed by atoms with Crippen LogP contribution >= 0.6 is 0 Å². The van der Waals surface area contributed by atoms with Crippen molar-refractivity contribution >= 4 is 5.82 Å². The van der Waals surface area contributed by atoms with Crippen molar-refractivity contribution in [1.82, 2.24) is 29.8 Å². The van der Waals surface area contributed by atoms with E-state index in [0.717, 1.165) is 33.8 Å². The highest BCUT2D eigenvalue weighted by Crippen LogP contribution is 2.37. The zero-order chi connectivity index (χ0) is 21.7. The highest BCUT2D eigenvalue weighted by molar-refractivity contribution is 5.71. The van der Waals surface area contributed by atoms with E-state index in [2.05, 4.69) is 20.4 Å². The monoisotopic (exact) mass is 419 g/mol. The molecular formula is C22H22FN7O. The lowest BCUT2D eigenvalue weighted by Crippen LogP contribution is -2.10. The van der Waals surface area contributed by atoms with E-state index >= 15 is 0 Å². The molecule has 5 rings (SSSR count). The Balaban J connectivity index is 1.81. The summed E-state index contributed by atoms with van der Waals surface area (Å²) in [5.74, 6) is 0.352. The quantitative estimate of drug-likeness (QED) is 0.507. The van der Waals surface area contributed by atoms with E-state index in [1.807, 2.05) is 37.8 Å². The Morgan fingerprint density at radius 2 is 2.13 bits per heavy atom. The Labute approximate surface area is 178 Å². The predicted molar refractivity (Wildman–Crippen MR) is 114 cm³/mol. The number of ether oxygens (including phenoxy) is 1. The van der Waals surface area contributed by atoms with Crippen LogP contribution in [0.5, 0.6) is 5.75 Å². The zero-order valence-corrected chi connectivity index (χ0v) is 17.5. The normalized spacial score (nSPS) is 15.2. The van der Waals surface area contributed by atoms with Gasteiger partial charge in [0, 0.05) is 54.7 Å². The van der Waals surface area contributed by atoms with Gasteiger partial charge in [0.25, 0.3) is 0 Å². The number of halogens is 1. The molecule has 8 nitrogen and oxygen atoms in total. The van der Waals surface area contributed by atoms with Gasteiger partial charge in [0.1, 0.15) is 11.9 Å². The molecule has 9 heteroatoms. The lowest BCUT2D eigenvalue weighted by atomic mass is 9.95. The van der Waals surface area contributed by atoms with Gasteiger partial charge >= 0.3 is 0 Å². The van der Waals surface area contributed by atoms with E-state index < -0.39 is 6.10 Å².